The molecular weight excluding hydrogens is 244 g/mol. The molecule has 0 aliphatic heterocycles. The van der Waals surface area contributed by atoms with Crippen LogP contribution in [0.1, 0.15) is 6.42 Å². The summed E-state index contributed by atoms with van der Waals surface area (Å²) in [5.41, 5.74) is 1.86. The minimum Gasteiger partial charge on any atom is -0.469 e. The fourth-order valence-electron chi connectivity index (χ4n) is 1.09. The molecule has 1 aromatic heterocycles. The zero-order chi connectivity index (χ0) is 13.5. The van der Waals surface area contributed by atoms with Crippen LogP contribution in [0.3, 0.4) is 0 Å². The van der Waals surface area contributed by atoms with Gasteiger partial charge in [-0.05, 0) is 0 Å². The van der Waals surface area contributed by atoms with Gasteiger partial charge in [-0.25, -0.2) is 10.8 Å². The molecule has 0 atom stereocenters. The summed E-state index contributed by atoms with van der Waals surface area (Å²) in [6, 6.07) is 0. The van der Waals surface area contributed by atoms with E-state index in [1.54, 1.807) is 0 Å². The van der Waals surface area contributed by atoms with E-state index in [-0.39, 0.29) is 30.4 Å². The number of carbonyl (C=O) groups excluding carboxylic acids is 1. The highest BCUT2D eigenvalue weighted by Gasteiger charge is 2.17. The number of aromatic nitrogens is 2. The van der Waals surface area contributed by atoms with Crippen molar-refractivity contribution in [2.75, 3.05) is 24.4 Å². The third-order valence-corrected chi connectivity index (χ3v) is 1.94. The maximum atomic E-state index is 10.9. The van der Waals surface area contributed by atoms with Gasteiger partial charge in [0, 0.05) is 6.54 Å². The maximum absolute atomic E-state index is 10.9. The van der Waals surface area contributed by atoms with Crippen LogP contribution in [0.4, 0.5) is 17.5 Å². The van der Waals surface area contributed by atoms with Crippen LogP contribution in [0.2, 0.25) is 0 Å². The predicted octanol–water partition coefficient (Wildman–Crippen LogP) is -0.355. The summed E-state index contributed by atoms with van der Waals surface area (Å²) in [6.07, 6.45) is 1.08. The molecule has 0 aliphatic rings. The summed E-state index contributed by atoms with van der Waals surface area (Å²) in [5.74, 6) is 4.67. The lowest BCUT2D eigenvalue weighted by Crippen LogP contribution is -2.15. The molecule has 0 saturated heterocycles. The van der Waals surface area contributed by atoms with Crippen molar-refractivity contribution in [1.82, 2.24) is 9.97 Å². The first kappa shape index (κ1) is 13.6. The molecule has 0 radical (unpaired) electrons. The van der Waals surface area contributed by atoms with Gasteiger partial charge in [0.2, 0.25) is 11.8 Å². The second kappa shape index (κ2) is 6.30. The van der Waals surface area contributed by atoms with Gasteiger partial charge in [-0.2, -0.15) is 4.98 Å². The number of rotatable bonds is 6. The van der Waals surface area contributed by atoms with E-state index in [1.165, 1.54) is 7.11 Å². The van der Waals surface area contributed by atoms with Gasteiger partial charge in [0.1, 0.15) is 6.20 Å². The number of nitrogens with one attached hydrogen (secondary N) is 2. The van der Waals surface area contributed by atoms with E-state index in [0.717, 1.165) is 6.20 Å². The average molecular weight is 256 g/mol. The van der Waals surface area contributed by atoms with Crippen LogP contribution in [0.25, 0.3) is 0 Å². The SMILES string of the molecule is COC(=O)CCNc1nc(NN)ncc1[N+](=O)[O-]. The minimum atomic E-state index is -0.638. The van der Waals surface area contributed by atoms with E-state index in [9.17, 15) is 14.9 Å². The number of nitro groups is 1. The molecule has 0 fully saturated rings. The van der Waals surface area contributed by atoms with Crippen LogP contribution in [-0.4, -0.2) is 34.5 Å². The first-order valence-corrected chi connectivity index (χ1v) is 4.87. The smallest absolute Gasteiger partial charge is 0.329 e. The molecule has 0 spiro atoms. The number of carbonyl (C=O) groups is 1. The quantitative estimate of drug-likeness (QED) is 0.269. The zero-order valence-corrected chi connectivity index (χ0v) is 9.54. The summed E-state index contributed by atoms with van der Waals surface area (Å²) in [5, 5.41) is 13.4. The van der Waals surface area contributed by atoms with Crippen LogP contribution in [0, 0.1) is 10.1 Å². The lowest BCUT2D eigenvalue weighted by atomic mass is 10.4. The number of nitrogen functional groups attached to an aromatic ring is 1. The maximum Gasteiger partial charge on any atom is 0.329 e. The van der Waals surface area contributed by atoms with Gasteiger partial charge in [-0.15, -0.1) is 0 Å². The Bertz CT molecular complexity index is 451. The summed E-state index contributed by atoms with van der Waals surface area (Å²) in [4.78, 5) is 28.4. The molecule has 0 unspecified atom stereocenters. The molecule has 1 aromatic rings. The van der Waals surface area contributed by atoms with E-state index >= 15 is 0 Å². The van der Waals surface area contributed by atoms with E-state index in [0.29, 0.717) is 0 Å². The van der Waals surface area contributed by atoms with Crippen LogP contribution in [0.15, 0.2) is 6.20 Å². The highest BCUT2D eigenvalue weighted by atomic mass is 16.6. The Kier molecular flexibility index (Phi) is 4.75. The second-order valence-corrected chi connectivity index (χ2v) is 3.08. The van der Waals surface area contributed by atoms with Crippen molar-refractivity contribution in [3.05, 3.63) is 16.3 Å². The van der Waals surface area contributed by atoms with E-state index in [2.05, 4.69) is 25.4 Å². The zero-order valence-electron chi connectivity index (χ0n) is 9.54. The van der Waals surface area contributed by atoms with Crippen molar-refractivity contribution in [2.45, 2.75) is 6.42 Å². The van der Waals surface area contributed by atoms with E-state index < -0.39 is 10.9 Å². The molecule has 18 heavy (non-hydrogen) atoms. The third kappa shape index (κ3) is 3.52. The number of nitrogens with zero attached hydrogens (tertiary/aromatic N) is 3. The van der Waals surface area contributed by atoms with Crippen LogP contribution < -0.4 is 16.6 Å². The van der Waals surface area contributed by atoms with Gasteiger partial charge < -0.3 is 10.1 Å². The Hall–Kier alpha value is -2.49. The summed E-state index contributed by atoms with van der Waals surface area (Å²) >= 11 is 0. The van der Waals surface area contributed by atoms with Crippen LogP contribution in [-0.2, 0) is 9.53 Å². The molecular formula is C8H12N6O4. The number of hydrazine groups is 1. The number of hydrogen-bond donors (Lipinski definition) is 3. The van der Waals surface area contributed by atoms with Gasteiger partial charge in [0.05, 0.1) is 18.5 Å². The monoisotopic (exact) mass is 256 g/mol. The van der Waals surface area contributed by atoms with Gasteiger partial charge in [-0.1, -0.05) is 0 Å². The first-order chi connectivity index (χ1) is 8.58. The number of anilines is 2. The average Bonchev–Trinajstić information content (AvgIpc) is 2.37. The fourth-order valence-corrected chi connectivity index (χ4v) is 1.09. The van der Waals surface area contributed by atoms with Crippen molar-refractivity contribution in [2.24, 2.45) is 5.84 Å². The van der Waals surface area contributed by atoms with Gasteiger partial charge >= 0.3 is 11.7 Å². The van der Waals surface area contributed by atoms with Gasteiger partial charge in [-0.3, -0.25) is 20.3 Å². The van der Waals surface area contributed by atoms with Crippen molar-refractivity contribution < 1.29 is 14.5 Å². The summed E-state index contributed by atoms with van der Waals surface area (Å²) in [7, 11) is 1.26. The Labute approximate surface area is 102 Å². The Morgan fingerprint density at radius 3 is 2.94 bits per heavy atom. The third-order valence-electron chi connectivity index (χ3n) is 1.94. The topological polar surface area (TPSA) is 145 Å². The van der Waals surface area contributed by atoms with Gasteiger partial charge in [0.15, 0.2) is 0 Å². The molecule has 0 saturated carbocycles. The molecule has 0 aromatic carbocycles. The predicted molar refractivity (Wildman–Crippen MR) is 61.6 cm³/mol. The molecule has 98 valence electrons. The Morgan fingerprint density at radius 2 is 2.39 bits per heavy atom. The number of ether oxygens (including phenoxy) is 1. The minimum absolute atomic E-state index is 0.0214. The van der Waals surface area contributed by atoms with Crippen LogP contribution >= 0.6 is 0 Å². The number of esters is 1. The molecule has 10 heteroatoms. The van der Waals surface area contributed by atoms with Crippen LogP contribution in [0.5, 0.6) is 0 Å². The molecule has 0 amide bonds. The fraction of sp³-hybridized carbons (Fsp3) is 0.375. The lowest BCUT2D eigenvalue weighted by molar-refractivity contribution is -0.384. The molecule has 1 heterocycles. The largest absolute Gasteiger partial charge is 0.469 e. The highest BCUT2D eigenvalue weighted by Crippen LogP contribution is 2.21. The second-order valence-electron chi connectivity index (χ2n) is 3.08. The number of nitrogens with two attached hydrogens (primary N) is 1. The van der Waals surface area contributed by atoms with Crippen molar-refractivity contribution in [3.8, 4) is 0 Å². The molecule has 10 nitrogen and oxygen atoms in total. The van der Waals surface area contributed by atoms with Crippen molar-refractivity contribution in [1.29, 1.82) is 0 Å². The summed E-state index contributed by atoms with van der Waals surface area (Å²) in [6.45, 7) is 0.147. The highest BCUT2D eigenvalue weighted by molar-refractivity contribution is 5.70. The van der Waals surface area contributed by atoms with E-state index in [4.69, 9.17) is 5.84 Å². The molecule has 1 rings (SSSR count). The van der Waals surface area contributed by atoms with Crippen molar-refractivity contribution >= 4 is 23.4 Å². The van der Waals surface area contributed by atoms with E-state index in [1.807, 2.05) is 0 Å². The number of hydrogen-bond acceptors (Lipinski definition) is 9. The number of methoxy groups -OCH3 is 1. The van der Waals surface area contributed by atoms with Crippen molar-refractivity contribution in [3.63, 3.8) is 0 Å². The molecule has 0 bridgehead atoms. The first-order valence-electron chi connectivity index (χ1n) is 4.87. The lowest BCUT2D eigenvalue weighted by Gasteiger charge is -2.06. The molecule has 4 N–H and O–H groups in total. The summed E-state index contributed by atoms with van der Waals surface area (Å²) < 4.78 is 4.43. The normalized spacial score (nSPS) is 9.67. The Morgan fingerprint density at radius 1 is 1.67 bits per heavy atom. The Balaban J connectivity index is 2.78. The molecule has 0 aliphatic carbocycles. The van der Waals surface area contributed by atoms with Gasteiger partial charge in [0.25, 0.3) is 0 Å². The standard InChI is InChI=1S/C8H12N6O4/c1-18-6(15)2-3-10-7-5(14(16)17)4-11-8(12-7)13-9/h4H,2-3,9H2,1H3,(H2,10,11,12,13).